The third-order valence-corrected chi connectivity index (χ3v) is 8.79. The molecule has 0 aliphatic carbocycles. The molecule has 0 unspecified atom stereocenters. The molecule has 0 spiro atoms. The Balaban J connectivity index is 2.36. The van der Waals surface area contributed by atoms with Crippen LogP contribution in [0.3, 0.4) is 0 Å². The standard InChI is InChI=1S/C34H55N7O6/c1-12-14-22(25(42)30(45)37-20(4)13-2)38-29(44)24-21(5)19(3)18-41(24)32(47)27(34(9,10)11)40-31(46)26(33(6,7)8)39-28(43)23-17-35-15-16-36-23/h15-17,19-22,24,26-27H,12-14,18H2,1-11H3,(H,37,45)(H,38,44)(H,39,43)(H,40,46)/t19-,20-,21-,22-,24-,26+,27+/m0/s1. The molecule has 47 heavy (non-hydrogen) atoms. The fraction of sp³-hybridized carbons (Fsp3) is 0.706. The molecule has 1 aliphatic rings. The van der Waals surface area contributed by atoms with E-state index in [0.29, 0.717) is 12.8 Å². The predicted octanol–water partition coefficient (Wildman–Crippen LogP) is 2.40. The molecule has 5 amide bonds. The number of ketones is 1. The first-order chi connectivity index (χ1) is 21.7. The quantitative estimate of drug-likeness (QED) is 0.234. The number of likely N-dealkylation sites (tertiary alicyclic amines) is 1. The van der Waals surface area contributed by atoms with Gasteiger partial charge in [0.2, 0.25) is 23.5 Å². The Labute approximate surface area is 279 Å². The molecule has 1 saturated heterocycles. The Morgan fingerprint density at radius 3 is 2.02 bits per heavy atom. The maximum Gasteiger partial charge on any atom is 0.289 e. The van der Waals surface area contributed by atoms with Crippen molar-refractivity contribution in [1.29, 1.82) is 0 Å². The summed E-state index contributed by atoms with van der Waals surface area (Å²) in [7, 11) is 0. The number of nitrogens with zero attached hydrogens (tertiary/aromatic N) is 3. The summed E-state index contributed by atoms with van der Waals surface area (Å²) in [6.07, 6.45) is 5.57. The summed E-state index contributed by atoms with van der Waals surface area (Å²) >= 11 is 0. The zero-order chi connectivity index (χ0) is 35.9. The van der Waals surface area contributed by atoms with Crippen molar-refractivity contribution in [2.75, 3.05) is 6.54 Å². The lowest BCUT2D eigenvalue weighted by Crippen LogP contribution is -2.63. The van der Waals surface area contributed by atoms with Crippen molar-refractivity contribution in [3.63, 3.8) is 0 Å². The summed E-state index contributed by atoms with van der Waals surface area (Å²) in [6, 6.07) is -4.27. The first kappa shape index (κ1) is 39.3. The highest BCUT2D eigenvalue weighted by Crippen LogP contribution is 2.33. The van der Waals surface area contributed by atoms with Crippen LogP contribution in [0.1, 0.15) is 106 Å². The Morgan fingerprint density at radius 2 is 1.51 bits per heavy atom. The topological polar surface area (TPSA) is 180 Å². The highest BCUT2D eigenvalue weighted by molar-refractivity contribution is 6.38. The smallest absolute Gasteiger partial charge is 0.289 e. The lowest BCUT2D eigenvalue weighted by molar-refractivity contribution is -0.146. The summed E-state index contributed by atoms with van der Waals surface area (Å²) in [5, 5.41) is 11.1. The van der Waals surface area contributed by atoms with Gasteiger partial charge in [0.1, 0.15) is 23.8 Å². The van der Waals surface area contributed by atoms with Crippen molar-refractivity contribution < 1.29 is 28.8 Å². The van der Waals surface area contributed by atoms with Gasteiger partial charge in [-0.15, -0.1) is 0 Å². The first-order valence-electron chi connectivity index (χ1n) is 16.6. The molecule has 1 fully saturated rings. The monoisotopic (exact) mass is 657 g/mol. The van der Waals surface area contributed by atoms with Gasteiger partial charge in [-0.3, -0.25) is 33.8 Å². The summed E-state index contributed by atoms with van der Waals surface area (Å²) in [4.78, 5) is 90.1. The maximum absolute atomic E-state index is 14.4. The molecule has 1 aromatic rings. The number of aromatic nitrogens is 2. The van der Waals surface area contributed by atoms with Crippen LogP contribution in [0.15, 0.2) is 18.6 Å². The summed E-state index contributed by atoms with van der Waals surface area (Å²) in [5.74, 6) is -3.94. The van der Waals surface area contributed by atoms with E-state index in [1.807, 2.05) is 48.5 Å². The van der Waals surface area contributed by atoms with E-state index < -0.39 is 70.3 Å². The van der Waals surface area contributed by atoms with E-state index in [2.05, 4.69) is 31.2 Å². The van der Waals surface area contributed by atoms with Gasteiger partial charge >= 0.3 is 0 Å². The summed E-state index contributed by atoms with van der Waals surface area (Å²) < 4.78 is 0. The lowest BCUT2D eigenvalue weighted by Gasteiger charge is -2.38. The SMILES string of the molecule is CCC[C@H](NC(=O)[C@@H]1[C@@H](C)[C@@H](C)CN1C(=O)[C@@H](NC(=O)[C@@H](NC(=O)c1cnccn1)C(C)(C)C)C(C)(C)C)C(=O)C(=O)N[C@@H](C)CC. The molecular formula is C34H55N7O6. The van der Waals surface area contributed by atoms with Gasteiger partial charge in [-0.05, 0) is 42.4 Å². The van der Waals surface area contributed by atoms with Crippen LogP contribution in [-0.4, -0.2) is 86.9 Å². The van der Waals surface area contributed by atoms with Crippen molar-refractivity contribution in [1.82, 2.24) is 36.1 Å². The molecule has 0 radical (unpaired) electrons. The Morgan fingerprint density at radius 1 is 0.894 bits per heavy atom. The van der Waals surface area contributed by atoms with Crippen molar-refractivity contribution in [2.45, 2.75) is 126 Å². The number of rotatable bonds is 13. The van der Waals surface area contributed by atoms with E-state index in [-0.39, 0.29) is 36.5 Å². The second-order valence-electron chi connectivity index (χ2n) is 14.9. The van der Waals surface area contributed by atoms with Gasteiger partial charge in [0.15, 0.2) is 0 Å². The zero-order valence-corrected chi connectivity index (χ0v) is 29.9. The molecular weight excluding hydrogens is 602 g/mol. The zero-order valence-electron chi connectivity index (χ0n) is 29.9. The summed E-state index contributed by atoms with van der Waals surface area (Å²) in [5.41, 5.74) is -1.48. The largest absolute Gasteiger partial charge is 0.347 e. The van der Waals surface area contributed by atoms with Crippen LogP contribution in [0.25, 0.3) is 0 Å². The molecule has 2 heterocycles. The number of nitrogens with one attached hydrogen (secondary N) is 4. The van der Waals surface area contributed by atoms with Gasteiger partial charge in [0.05, 0.1) is 12.2 Å². The number of hydrogen-bond acceptors (Lipinski definition) is 8. The van der Waals surface area contributed by atoms with Crippen LogP contribution in [-0.2, 0) is 24.0 Å². The minimum Gasteiger partial charge on any atom is -0.347 e. The van der Waals surface area contributed by atoms with E-state index in [1.165, 1.54) is 23.5 Å². The second-order valence-corrected chi connectivity index (χ2v) is 14.9. The number of Topliss-reactive ketones (excluding diaryl/α,β-unsaturated/α-hetero) is 1. The summed E-state index contributed by atoms with van der Waals surface area (Å²) in [6.45, 7) is 20.4. The molecule has 0 saturated carbocycles. The molecule has 2 rings (SSSR count). The van der Waals surface area contributed by atoms with E-state index in [1.54, 1.807) is 27.7 Å². The van der Waals surface area contributed by atoms with E-state index >= 15 is 0 Å². The molecule has 0 bridgehead atoms. The molecule has 7 atom stereocenters. The highest BCUT2D eigenvalue weighted by Gasteiger charge is 2.49. The third-order valence-electron chi connectivity index (χ3n) is 8.79. The minimum atomic E-state index is -1.06. The van der Waals surface area contributed by atoms with E-state index in [4.69, 9.17) is 0 Å². The number of amides is 5. The Hall–Kier alpha value is -3.90. The highest BCUT2D eigenvalue weighted by atomic mass is 16.2. The van der Waals surface area contributed by atoms with Crippen LogP contribution >= 0.6 is 0 Å². The Bertz CT molecular complexity index is 1290. The Kier molecular flexibility index (Phi) is 13.6. The normalized spacial score (nSPS) is 20.7. The van der Waals surface area contributed by atoms with Crippen molar-refractivity contribution in [3.8, 4) is 0 Å². The van der Waals surface area contributed by atoms with Crippen molar-refractivity contribution in [3.05, 3.63) is 24.3 Å². The van der Waals surface area contributed by atoms with Gasteiger partial charge in [-0.25, -0.2) is 4.98 Å². The van der Waals surface area contributed by atoms with Gasteiger partial charge in [-0.2, -0.15) is 0 Å². The average Bonchev–Trinajstić information content (AvgIpc) is 3.30. The van der Waals surface area contributed by atoms with Gasteiger partial charge in [0.25, 0.3) is 11.8 Å². The fourth-order valence-electron chi connectivity index (χ4n) is 5.50. The number of carbonyl (C=O) groups excluding carboxylic acids is 6. The minimum absolute atomic E-state index is 0.0455. The van der Waals surface area contributed by atoms with Crippen LogP contribution < -0.4 is 21.3 Å². The molecule has 13 nitrogen and oxygen atoms in total. The van der Waals surface area contributed by atoms with Gasteiger partial charge in [-0.1, -0.05) is 75.7 Å². The van der Waals surface area contributed by atoms with Gasteiger partial charge in [0, 0.05) is 25.0 Å². The molecule has 1 aromatic heterocycles. The fourth-order valence-corrected chi connectivity index (χ4v) is 5.50. The van der Waals surface area contributed by atoms with E-state index in [0.717, 1.165) is 0 Å². The van der Waals surface area contributed by atoms with Crippen LogP contribution in [0.4, 0.5) is 0 Å². The first-order valence-corrected chi connectivity index (χ1v) is 16.6. The van der Waals surface area contributed by atoms with Crippen molar-refractivity contribution in [2.24, 2.45) is 22.7 Å². The molecule has 13 heteroatoms. The molecule has 0 aromatic carbocycles. The number of hydrogen-bond donors (Lipinski definition) is 4. The maximum atomic E-state index is 14.4. The van der Waals surface area contributed by atoms with Crippen LogP contribution in [0.2, 0.25) is 0 Å². The molecule has 4 N–H and O–H groups in total. The molecule has 262 valence electrons. The van der Waals surface area contributed by atoms with Crippen LogP contribution in [0, 0.1) is 22.7 Å². The number of carbonyl (C=O) groups is 6. The van der Waals surface area contributed by atoms with Crippen LogP contribution in [0.5, 0.6) is 0 Å². The third kappa shape index (κ3) is 10.3. The molecule has 1 aliphatic heterocycles. The second kappa shape index (κ2) is 16.3. The average molecular weight is 658 g/mol. The predicted molar refractivity (Wildman–Crippen MR) is 178 cm³/mol. The van der Waals surface area contributed by atoms with Gasteiger partial charge < -0.3 is 26.2 Å². The van der Waals surface area contributed by atoms with Crippen molar-refractivity contribution >= 4 is 35.3 Å². The van der Waals surface area contributed by atoms with E-state index in [9.17, 15) is 28.8 Å². The lowest BCUT2D eigenvalue weighted by atomic mass is 9.83.